The van der Waals surface area contributed by atoms with E-state index in [1.165, 1.54) is 6.42 Å². The Kier molecular flexibility index (Phi) is 6.99. The summed E-state index contributed by atoms with van der Waals surface area (Å²) in [5.74, 6) is 1.81. The minimum absolute atomic E-state index is 0.644. The van der Waals surface area contributed by atoms with Gasteiger partial charge in [-0.3, -0.25) is 9.98 Å². The first kappa shape index (κ1) is 17.3. The molecule has 0 unspecified atom stereocenters. The number of aromatic nitrogens is 1. The molecule has 118 valence electrons. The predicted molar refractivity (Wildman–Crippen MR) is 88.0 cm³/mol. The number of aryl methyl sites for hydroxylation is 1. The van der Waals surface area contributed by atoms with E-state index in [-0.39, 0.29) is 0 Å². The van der Waals surface area contributed by atoms with E-state index in [0.29, 0.717) is 6.54 Å². The summed E-state index contributed by atoms with van der Waals surface area (Å²) < 4.78 is 5.44. The zero-order valence-electron chi connectivity index (χ0n) is 14.2. The molecule has 0 radical (unpaired) electrons. The van der Waals surface area contributed by atoms with Gasteiger partial charge in [-0.15, -0.1) is 0 Å². The van der Waals surface area contributed by atoms with Crippen LogP contribution in [0.1, 0.15) is 36.6 Å². The summed E-state index contributed by atoms with van der Waals surface area (Å²) in [4.78, 5) is 11.0. The molecule has 5 nitrogen and oxygen atoms in total. The molecule has 1 aromatic rings. The van der Waals surface area contributed by atoms with Gasteiger partial charge in [-0.25, -0.2) is 0 Å². The number of nitrogens with zero attached hydrogens (tertiary/aromatic N) is 3. The molecule has 0 saturated carbocycles. The normalized spacial score (nSPS) is 11.4. The molecule has 1 N–H and O–H groups in total. The first-order valence-corrected chi connectivity index (χ1v) is 7.45. The van der Waals surface area contributed by atoms with Crippen molar-refractivity contribution in [3.8, 4) is 5.75 Å². The average Bonchev–Trinajstić information content (AvgIpc) is 2.48. The fourth-order valence-electron chi connectivity index (χ4n) is 2.30. The summed E-state index contributed by atoms with van der Waals surface area (Å²) in [7, 11) is 5.56. The highest BCUT2D eigenvalue weighted by molar-refractivity contribution is 5.79. The van der Waals surface area contributed by atoms with Crippen molar-refractivity contribution < 1.29 is 4.74 Å². The van der Waals surface area contributed by atoms with Gasteiger partial charge in [-0.1, -0.05) is 13.3 Å². The second-order valence-corrected chi connectivity index (χ2v) is 5.22. The van der Waals surface area contributed by atoms with E-state index in [1.807, 2.05) is 20.0 Å². The Morgan fingerprint density at radius 1 is 1.43 bits per heavy atom. The lowest BCUT2D eigenvalue weighted by Crippen LogP contribution is -2.39. The van der Waals surface area contributed by atoms with Gasteiger partial charge in [0.15, 0.2) is 5.96 Å². The lowest BCUT2D eigenvalue weighted by atomic mass is 10.1. The van der Waals surface area contributed by atoms with Gasteiger partial charge >= 0.3 is 0 Å². The van der Waals surface area contributed by atoms with E-state index >= 15 is 0 Å². The smallest absolute Gasteiger partial charge is 0.193 e. The van der Waals surface area contributed by atoms with Crippen molar-refractivity contribution in [1.82, 2.24) is 15.2 Å². The minimum atomic E-state index is 0.644. The number of guanidine groups is 1. The van der Waals surface area contributed by atoms with Crippen LogP contribution in [0.4, 0.5) is 0 Å². The molecule has 0 spiro atoms. The molecular weight excluding hydrogens is 264 g/mol. The van der Waals surface area contributed by atoms with Crippen LogP contribution < -0.4 is 10.1 Å². The second-order valence-electron chi connectivity index (χ2n) is 5.22. The van der Waals surface area contributed by atoms with Crippen molar-refractivity contribution in [2.75, 3.05) is 27.7 Å². The SMILES string of the molecule is CCCCN(C)C(=NC)NCc1ncc(C)c(OC)c1C. The van der Waals surface area contributed by atoms with E-state index in [1.54, 1.807) is 14.2 Å². The number of pyridine rings is 1. The standard InChI is InChI=1S/C16H28N4O/c1-7-8-9-20(5)16(17-4)19-11-14-13(3)15(21-6)12(2)10-18-14/h10H,7-9,11H2,1-6H3,(H,17,19). The van der Waals surface area contributed by atoms with Gasteiger partial charge in [0.2, 0.25) is 0 Å². The first-order chi connectivity index (χ1) is 10.0. The number of rotatable bonds is 6. The fourth-order valence-corrected chi connectivity index (χ4v) is 2.30. The molecule has 21 heavy (non-hydrogen) atoms. The summed E-state index contributed by atoms with van der Waals surface area (Å²) in [6, 6.07) is 0. The van der Waals surface area contributed by atoms with Crippen molar-refractivity contribution in [3.63, 3.8) is 0 Å². The van der Waals surface area contributed by atoms with E-state index in [0.717, 1.165) is 41.5 Å². The van der Waals surface area contributed by atoms with Crippen LogP contribution in [0.3, 0.4) is 0 Å². The van der Waals surface area contributed by atoms with Gasteiger partial charge in [0.1, 0.15) is 5.75 Å². The molecule has 1 heterocycles. The zero-order valence-corrected chi connectivity index (χ0v) is 14.2. The van der Waals surface area contributed by atoms with Gasteiger partial charge < -0.3 is 15.0 Å². The largest absolute Gasteiger partial charge is 0.496 e. The van der Waals surface area contributed by atoms with E-state index < -0.39 is 0 Å². The monoisotopic (exact) mass is 292 g/mol. The van der Waals surface area contributed by atoms with Crippen LogP contribution in [0, 0.1) is 13.8 Å². The van der Waals surface area contributed by atoms with Crippen molar-refractivity contribution >= 4 is 5.96 Å². The number of nitrogens with one attached hydrogen (secondary N) is 1. The summed E-state index contributed by atoms with van der Waals surface area (Å²) in [5, 5.41) is 3.36. The molecular formula is C16H28N4O. The number of aliphatic imine (C=N–C) groups is 1. The number of hydrogen-bond donors (Lipinski definition) is 1. The Morgan fingerprint density at radius 2 is 2.14 bits per heavy atom. The highest BCUT2D eigenvalue weighted by Gasteiger charge is 2.11. The van der Waals surface area contributed by atoms with Crippen molar-refractivity contribution in [2.45, 2.75) is 40.2 Å². The third-order valence-electron chi connectivity index (χ3n) is 3.58. The maximum absolute atomic E-state index is 5.44. The van der Waals surface area contributed by atoms with Crippen LogP contribution in [0.2, 0.25) is 0 Å². The van der Waals surface area contributed by atoms with Crippen LogP contribution in [-0.2, 0) is 6.54 Å². The number of methoxy groups -OCH3 is 1. The molecule has 5 heteroatoms. The molecule has 0 fully saturated rings. The molecule has 1 rings (SSSR count). The number of unbranched alkanes of at least 4 members (excludes halogenated alkanes) is 1. The van der Waals surface area contributed by atoms with Gasteiger partial charge in [-0.2, -0.15) is 0 Å². The Morgan fingerprint density at radius 3 is 2.71 bits per heavy atom. The topological polar surface area (TPSA) is 49.8 Å². The van der Waals surface area contributed by atoms with Gasteiger partial charge in [0.25, 0.3) is 0 Å². The average molecular weight is 292 g/mol. The summed E-state index contributed by atoms with van der Waals surface area (Å²) in [6.45, 7) is 7.88. The molecule has 0 amide bonds. The quantitative estimate of drug-likeness (QED) is 0.646. The highest BCUT2D eigenvalue weighted by Crippen LogP contribution is 2.23. The molecule has 0 aliphatic carbocycles. The predicted octanol–water partition coefficient (Wildman–Crippen LogP) is 2.51. The summed E-state index contributed by atoms with van der Waals surface area (Å²) >= 11 is 0. The highest BCUT2D eigenvalue weighted by atomic mass is 16.5. The maximum atomic E-state index is 5.44. The minimum Gasteiger partial charge on any atom is -0.496 e. The van der Waals surface area contributed by atoms with Crippen LogP contribution in [0.25, 0.3) is 0 Å². The Balaban J connectivity index is 2.74. The van der Waals surface area contributed by atoms with E-state index in [4.69, 9.17) is 4.74 Å². The lowest BCUT2D eigenvalue weighted by Gasteiger charge is -2.22. The molecule has 0 aliphatic heterocycles. The number of ether oxygens (including phenoxy) is 1. The van der Waals surface area contributed by atoms with Crippen molar-refractivity contribution in [1.29, 1.82) is 0 Å². The Hall–Kier alpha value is -1.78. The molecule has 1 aromatic heterocycles. The van der Waals surface area contributed by atoms with Gasteiger partial charge in [0, 0.05) is 38.0 Å². The van der Waals surface area contributed by atoms with Crippen molar-refractivity contribution in [2.24, 2.45) is 4.99 Å². The van der Waals surface area contributed by atoms with E-state index in [2.05, 4.69) is 34.2 Å². The molecule has 0 atom stereocenters. The third-order valence-corrected chi connectivity index (χ3v) is 3.58. The molecule has 0 aromatic carbocycles. The van der Waals surface area contributed by atoms with Gasteiger partial charge in [0.05, 0.1) is 19.3 Å². The van der Waals surface area contributed by atoms with Crippen LogP contribution in [0.15, 0.2) is 11.2 Å². The first-order valence-electron chi connectivity index (χ1n) is 7.45. The second kappa shape index (κ2) is 8.49. The molecule has 0 aliphatic rings. The third kappa shape index (κ3) is 4.62. The summed E-state index contributed by atoms with van der Waals surface area (Å²) in [6.07, 6.45) is 4.19. The van der Waals surface area contributed by atoms with Crippen LogP contribution >= 0.6 is 0 Å². The Labute approximate surface area is 128 Å². The summed E-state index contributed by atoms with van der Waals surface area (Å²) in [5.41, 5.74) is 3.13. The maximum Gasteiger partial charge on any atom is 0.193 e. The van der Waals surface area contributed by atoms with Gasteiger partial charge in [-0.05, 0) is 20.3 Å². The van der Waals surface area contributed by atoms with Crippen LogP contribution in [0.5, 0.6) is 5.75 Å². The zero-order chi connectivity index (χ0) is 15.8. The van der Waals surface area contributed by atoms with Crippen molar-refractivity contribution in [3.05, 3.63) is 23.0 Å². The molecule has 0 saturated heterocycles. The molecule has 0 bridgehead atoms. The lowest BCUT2D eigenvalue weighted by molar-refractivity contribution is 0.406. The van der Waals surface area contributed by atoms with E-state index in [9.17, 15) is 0 Å². The van der Waals surface area contributed by atoms with Crippen LogP contribution in [-0.4, -0.2) is 43.6 Å². The fraction of sp³-hybridized carbons (Fsp3) is 0.625. The number of hydrogen-bond acceptors (Lipinski definition) is 3. The Bertz CT molecular complexity index is 485.